The standard InChI is InChI=1S/C28H34N2O3.C21H24N2O3.C8H14.CH3F/c1-28(2,3)17-12-18-29(4)23-19-24(27(32)33-5)30(20-23)26(31)25(21-13-8-6-9-14-21)22-15-10-7-11-16-22;1-22-17-13-18(21(25)26-2)23(14-17)20(24)19(15-9-5-3-6-10-15)16-11-7-4-8-12-16;1-5-6-7-8(2,3)4;1-2/h6-11,13-16,23-25H,18-20H2,1-5H3;3-12,17-19,22H,13-14H2,1-2H3;5H2,1-4H3;1H3/t23-,24-;17-,18-;;/m00../s1/i;;;1D. The lowest BCUT2D eigenvalue weighted by atomic mass is 9.90. The van der Waals surface area contributed by atoms with Gasteiger partial charge < -0.3 is 24.6 Å². The van der Waals surface area contributed by atoms with Crippen LogP contribution in [0.15, 0.2) is 121 Å². The van der Waals surface area contributed by atoms with Gasteiger partial charge in [-0.25, -0.2) is 9.59 Å². The number of carbonyl (C=O) groups is 4. The molecule has 2 aliphatic heterocycles. The van der Waals surface area contributed by atoms with E-state index in [9.17, 15) is 23.6 Å². The quantitative estimate of drug-likeness (QED) is 0.117. The van der Waals surface area contributed by atoms with E-state index in [0.29, 0.717) is 32.5 Å². The molecule has 10 nitrogen and oxygen atoms in total. The van der Waals surface area contributed by atoms with Crippen molar-refractivity contribution in [3.05, 3.63) is 144 Å². The molecule has 0 spiro atoms. The first-order chi connectivity index (χ1) is 33.3. The predicted molar refractivity (Wildman–Crippen MR) is 275 cm³/mol. The number of benzene rings is 4. The largest absolute Gasteiger partial charge is 0.467 e. The summed E-state index contributed by atoms with van der Waals surface area (Å²) in [5.41, 5.74) is 3.78. The molecule has 6 rings (SSSR count). The van der Waals surface area contributed by atoms with Gasteiger partial charge in [-0.15, -0.1) is 5.92 Å². The van der Waals surface area contributed by atoms with Crippen LogP contribution in [0.2, 0.25) is 0 Å². The van der Waals surface area contributed by atoms with Gasteiger partial charge in [0, 0.05) is 42.4 Å². The van der Waals surface area contributed by atoms with Crippen molar-refractivity contribution < 1.29 is 34.4 Å². The van der Waals surface area contributed by atoms with Crippen molar-refractivity contribution in [1.29, 1.82) is 0 Å². The van der Waals surface area contributed by atoms with Crippen molar-refractivity contribution in [2.75, 3.05) is 55.1 Å². The minimum atomic E-state index is -1.00. The Morgan fingerprint density at radius 3 is 1.33 bits per heavy atom. The summed E-state index contributed by atoms with van der Waals surface area (Å²) in [6.45, 7) is 16.2. The zero-order valence-corrected chi connectivity index (χ0v) is 42.6. The maximum atomic E-state index is 14.0. The summed E-state index contributed by atoms with van der Waals surface area (Å²) in [5, 5.41) is 3.17. The first-order valence-corrected chi connectivity index (χ1v) is 23.5. The molecule has 2 fully saturated rings. The third-order valence-electron chi connectivity index (χ3n) is 11.6. The number of hydrogen-bond acceptors (Lipinski definition) is 8. The number of esters is 2. The molecule has 0 bridgehead atoms. The molecule has 0 aliphatic carbocycles. The van der Waals surface area contributed by atoms with E-state index >= 15 is 0 Å². The number of hydrogen-bond donors (Lipinski definition) is 1. The zero-order valence-electron chi connectivity index (χ0n) is 43.6. The lowest BCUT2D eigenvalue weighted by Crippen LogP contribution is -2.44. The number of nitrogens with one attached hydrogen (secondary N) is 1. The third-order valence-corrected chi connectivity index (χ3v) is 11.6. The van der Waals surface area contributed by atoms with Crippen molar-refractivity contribution in [2.45, 2.75) is 104 Å². The molecule has 4 aromatic rings. The fourth-order valence-electron chi connectivity index (χ4n) is 8.17. The van der Waals surface area contributed by atoms with E-state index in [2.05, 4.69) is 82.4 Å². The molecule has 370 valence electrons. The molecule has 1 N–H and O–H groups in total. The normalized spacial score (nSPS) is 17.5. The van der Waals surface area contributed by atoms with Crippen LogP contribution in [-0.2, 0) is 28.7 Å². The number of amides is 2. The van der Waals surface area contributed by atoms with Gasteiger partial charge in [-0.1, -0.05) is 146 Å². The monoisotopic (exact) mass is 944 g/mol. The molecule has 69 heavy (non-hydrogen) atoms. The van der Waals surface area contributed by atoms with Crippen LogP contribution >= 0.6 is 0 Å². The molecule has 0 saturated carbocycles. The van der Waals surface area contributed by atoms with Crippen molar-refractivity contribution in [2.24, 2.45) is 10.8 Å². The van der Waals surface area contributed by atoms with Gasteiger partial charge in [-0.2, -0.15) is 0 Å². The molecular formula is C58H75FN4O6. The number of methoxy groups -OCH3 is 2. The number of halogens is 1. The molecule has 4 atom stereocenters. The Morgan fingerprint density at radius 1 is 0.667 bits per heavy atom. The van der Waals surface area contributed by atoms with Crippen LogP contribution < -0.4 is 5.32 Å². The summed E-state index contributed by atoms with van der Waals surface area (Å²) in [7, 11) is 5.58. The van der Waals surface area contributed by atoms with Crippen LogP contribution in [0.3, 0.4) is 0 Å². The molecule has 0 radical (unpaired) electrons. The highest BCUT2D eigenvalue weighted by Crippen LogP contribution is 2.33. The van der Waals surface area contributed by atoms with Gasteiger partial charge in [0.15, 0.2) is 0 Å². The van der Waals surface area contributed by atoms with Crippen LogP contribution in [0.25, 0.3) is 0 Å². The first-order valence-electron chi connectivity index (χ1n) is 24.2. The van der Waals surface area contributed by atoms with Gasteiger partial charge >= 0.3 is 11.9 Å². The van der Waals surface area contributed by atoms with Gasteiger partial charge in [-0.05, 0) is 90.7 Å². The number of ether oxygens (including phenoxy) is 2. The Kier molecular flexibility index (Phi) is 22.7. The molecule has 2 heterocycles. The summed E-state index contributed by atoms with van der Waals surface area (Å²) < 4.78 is 25.5. The first kappa shape index (κ1) is 55.3. The Morgan fingerprint density at radius 2 is 1.01 bits per heavy atom. The van der Waals surface area contributed by atoms with E-state index < -0.39 is 31.1 Å². The minimum Gasteiger partial charge on any atom is -0.467 e. The lowest BCUT2D eigenvalue weighted by molar-refractivity contribution is -0.151. The van der Waals surface area contributed by atoms with Crippen molar-refractivity contribution in [1.82, 2.24) is 20.0 Å². The number of rotatable bonds is 11. The smallest absolute Gasteiger partial charge is 0.328 e. The number of carbonyl (C=O) groups excluding carboxylic acids is 4. The van der Waals surface area contributed by atoms with Gasteiger partial charge in [0.05, 0.1) is 41.1 Å². The topological polar surface area (TPSA) is 108 Å². The second-order valence-electron chi connectivity index (χ2n) is 19.1. The summed E-state index contributed by atoms with van der Waals surface area (Å²) in [4.78, 5) is 57.9. The number of likely N-dealkylation sites (tertiary alicyclic amines) is 2. The number of likely N-dealkylation sites (N-methyl/N-ethyl adjacent to an activating group) is 2. The highest BCUT2D eigenvalue weighted by Gasteiger charge is 2.45. The van der Waals surface area contributed by atoms with Crippen molar-refractivity contribution >= 4 is 23.8 Å². The van der Waals surface area contributed by atoms with Crippen LogP contribution in [-0.4, -0.2) is 118 Å². The number of nitrogens with zero attached hydrogens (tertiary/aromatic N) is 3. The molecule has 11 heteroatoms. The van der Waals surface area contributed by atoms with E-state index in [0.717, 1.165) is 28.7 Å². The summed E-state index contributed by atoms with van der Waals surface area (Å²) in [6.07, 6.45) is 2.06. The summed E-state index contributed by atoms with van der Waals surface area (Å²) in [6, 6.07) is 37.8. The van der Waals surface area contributed by atoms with E-state index in [1.807, 2.05) is 135 Å². The Hall–Kier alpha value is -6.27. The van der Waals surface area contributed by atoms with Crippen LogP contribution in [0.4, 0.5) is 4.39 Å². The SMILES string of the molecule is CCC#CC(C)(C)C.CN[C@H]1C[C@@H](C(=O)OC)N(C(=O)C(c2ccccc2)c2ccccc2)C1.COC(=O)[C@@H]1C[C@H](N(C)CC#CC(C)(C)C)CN1C(=O)C(c1ccccc1)c1ccccc1.[2H]CF. The van der Waals surface area contributed by atoms with E-state index in [1.54, 1.807) is 9.80 Å². The Balaban J connectivity index is 0.000000311. The molecule has 2 amide bonds. The fourth-order valence-corrected chi connectivity index (χ4v) is 8.17. The maximum absolute atomic E-state index is 14.0. The predicted octanol–water partition coefficient (Wildman–Crippen LogP) is 9.15. The van der Waals surface area contributed by atoms with E-state index in [-0.39, 0.29) is 46.7 Å². The Labute approximate surface area is 413 Å². The van der Waals surface area contributed by atoms with Crippen molar-refractivity contribution in [3.63, 3.8) is 0 Å². The van der Waals surface area contributed by atoms with E-state index in [1.165, 1.54) is 14.2 Å². The molecule has 2 saturated heterocycles. The van der Waals surface area contributed by atoms with Crippen LogP contribution in [0, 0.1) is 34.5 Å². The zero-order chi connectivity index (χ0) is 51.9. The average molecular weight is 944 g/mol. The molecule has 0 aromatic heterocycles. The van der Waals surface area contributed by atoms with Gasteiger partial charge in [0.25, 0.3) is 0 Å². The second kappa shape index (κ2) is 28.3. The van der Waals surface area contributed by atoms with Gasteiger partial charge in [0.2, 0.25) is 11.8 Å². The molecular weight excluding hydrogens is 868 g/mol. The molecule has 2 aliphatic rings. The van der Waals surface area contributed by atoms with Crippen LogP contribution in [0.5, 0.6) is 0 Å². The fraction of sp³-hybridized carbons (Fsp3) is 0.448. The maximum Gasteiger partial charge on any atom is 0.328 e. The minimum absolute atomic E-state index is 0.0273. The van der Waals surface area contributed by atoms with Gasteiger partial charge in [-0.3, -0.25) is 18.9 Å². The Bertz CT molecular complexity index is 2260. The highest BCUT2D eigenvalue weighted by atomic mass is 19.1. The number of alkyl halides is 1. The third kappa shape index (κ3) is 17.6. The van der Waals surface area contributed by atoms with Gasteiger partial charge in [0.1, 0.15) is 12.1 Å². The summed E-state index contributed by atoms with van der Waals surface area (Å²) >= 11 is 0. The highest BCUT2D eigenvalue weighted by molar-refractivity contribution is 5.92. The summed E-state index contributed by atoms with van der Waals surface area (Å²) in [5.74, 6) is 10.8. The van der Waals surface area contributed by atoms with Crippen LogP contribution in [0.1, 0.15) is 103 Å². The average Bonchev–Trinajstić information content (AvgIpc) is 4.01. The van der Waals surface area contributed by atoms with Crippen molar-refractivity contribution in [3.8, 4) is 23.7 Å². The second-order valence-corrected chi connectivity index (χ2v) is 19.1. The molecule has 0 unspecified atom stereocenters. The molecule has 4 aromatic carbocycles. The lowest BCUT2D eigenvalue weighted by Gasteiger charge is -2.28. The van der Waals surface area contributed by atoms with E-state index in [4.69, 9.17) is 10.8 Å².